The lowest BCUT2D eigenvalue weighted by molar-refractivity contribution is -0.136. The van der Waals surface area contributed by atoms with Crippen molar-refractivity contribution in [1.29, 1.82) is 0 Å². The predicted molar refractivity (Wildman–Crippen MR) is 138 cm³/mol. The zero-order valence-corrected chi connectivity index (χ0v) is 21.2. The number of carbonyl (C=O) groups excluding carboxylic acids is 2. The van der Waals surface area contributed by atoms with Gasteiger partial charge < -0.3 is 14.2 Å². The molecule has 0 saturated heterocycles. The second-order valence-corrected chi connectivity index (χ2v) is 8.73. The second-order valence-electron chi connectivity index (χ2n) is 7.82. The molecule has 3 aromatic carbocycles. The van der Waals surface area contributed by atoms with Crippen LogP contribution in [0, 0.1) is 0 Å². The van der Waals surface area contributed by atoms with Gasteiger partial charge in [-0.2, -0.15) is 0 Å². The number of halogens is 1. The number of carbonyl (C=O) groups is 2. The van der Waals surface area contributed by atoms with Gasteiger partial charge in [0.2, 0.25) is 0 Å². The molecule has 178 valence electrons. The summed E-state index contributed by atoms with van der Waals surface area (Å²) in [5.41, 5.74) is 3.33. The van der Waals surface area contributed by atoms with Crippen LogP contribution >= 0.6 is 15.9 Å². The molecule has 35 heavy (non-hydrogen) atoms. The molecule has 0 aliphatic carbocycles. The number of hydrogen-bond acceptors (Lipinski definition) is 5. The Bertz CT molecular complexity index is 1330. The fourth-order valence-electron chi connectivity index (χ4n) is 3.90. The van der Waals surface area contributed by atoms with Crippen LogP contribution in [-0.2, 0) is 20.9 Å². The number of benzene rings is 3. The normalized spacial score (nSPS) is 14.5. The van der Waals surface area contributed by atoms with Crippen molar-refractivity contribution in [1.82, 2.24) is 0 Å². The minimum Gasteiger partial charge on any atom is -0.493 e. The van der Waals surface area contributed by atoms with E-state index in [1.165, 1.54) is 12.0 Å². The van der Waals surface area contributed by atoms with Crippen molar-refractivity contribution < 1.29 is 23.8 Å². The number of ether oxygens (including phenoxy) is 3. The van der Waals surface area contributed by atoms with Crippen molar-refractivity contribution >= 4 is 39.6 Å². The van der Waals surface area contributed by atoms with Crippen LogP contribution < -0.4 is 14.4 Å². The summed E-state index contributed by atoms with van der Waals surface area (Å²) in [5, 5.41) is 0. The van der Waals surface area contributed by atoms with Gasteiger partial charge in [0.15, 0.2) is 11.5 Å². The Kier molecular flexibility index (Phi) is 7.36. The van der Waals surface area contributed by atoms with Crippen molar-refractivity contribution in [3.05, 3.63) is 105 Å². The van der Waals surface area contributed by atoms with E-state index in [0.29, 0.717) is 35.1 Å². The molecule has 0 fully saturated rings. The molecule has 0 aromatic heterocycles. The fourth-order valence-corrected chi connectivity index (χ4v) is 4.29. The van der Waals surface area contributed by atoms with E-state index < -0.39 is 5.97 Å². The van der Waals surface area contributed by atoms with E-state index in [-0.39, 0.29) is 17.1 Å². The number of anilines is 1. The summed E-state index contributed by atoms with van der Waals surface area (Å²) in [6.45, 7) is 2.12. The first-order chi connectivity index (χ1) is 16.9. The molecule has 6 nitrogen and oxygen atoms in total. The molecule has 0 atom stereocenters. The topological polar surface area (TPSA) is 65.1 Å². The maximum absolute atomic E-state index is 13.5. The maximum Gasteiger partial charge on any atom is 0.340 e. The summed E-state index contributed by atoms with van der Waals surface area (Å²) in [4.78, 5) is 27.6. The van der Waals surface area contributed by atoms with Crippen LogP contribution in [-0.4, -0.2) is 26.1 Å². The van der Waals surface area contributed by atoms with E-state index >= 15 is 0 Å². The third-order valence-electron chi connectivity index (χ3n) is 5.59. The number of hydrogen-bond donors (Lipinski definition) is 0. The molecule has 0 spiro atoms. The molecule has 0 radical (unpaired) electrons. The van der Waals surface area contributed by atoms with Crippen LogP contribution in [0.25, 0.3) is 6.08 Å². The highest BCUT2D eigenvalue weighted by molar-refractivity contribution is 9.10. The standard InChI is InChI=1S/C28H24BrNO5/c1-18-26(28(32)34-3)23(27(31)30(18)22-11-7-10-21(29)16-22)14-20-12-13-24(25(15-20)33-2)35-17-19-8-5-4-6-9-19/h4-16H,17H2,1-3H3/b23-14-. The van der Waals surface area contributed by atoms with Crippen molar-refractivity contribution in [3.63, 3.8) is 0 Å². The molecule has 7 heteroatoms. The lowest BCUT2D eigenvalue weighted by atomic mass is 10.0. The van der Waals surface area contributed by atoms with Gasteiger partial charge in [-0.25, -0.2) is 4.79 Å². The smallest absolute Gasteiger partial charge is 0.340 e. The zero-order valence-electron chi connectivity index (χ0n) is 19.6. The monoisotopic (exact) mass is 533 g/mol. The first kappa shape index (κ1) is 24.3. The largest absolute Gasteiger partial charge is 0.493 e. The van der Waals surface area contributed by atoms with Crippen molar-refractivity contribution in [3.8, 4) is 11.5 Å². The molecule has 1 amide bonds. The Balaban J connectivity index is 1.68. The quantitative estimate of drug-likeness (QED) is 0.279. The summed E-state index contributed by atoms with van der Waals surface area (Å²) in [5.74, 6) is 0.204. The SMILES string of the molecule is COC(=O)C1=C(C)N(c2cccc(Br)c2)C(=O)/C1=C\c1ccc(OCc2ccccc2)c(OC)c1. The van der Waals surface area contributed by atoms with Gasteiger partial charge in [0, 0.05) is 10.2 Å². The summed E-state index contributed by atoms with van der Waals surface area (Å²) < 4.78 is 17.3. The highest BCUT2D eigenvalue weighted by Gasteiger charge is 2.38. The minimum atomic E-state index is -0.575. The molecule has 0 bridgehead atoms. The van der Waals surface area contributed by atoms with Gasteiger partial charge in [0.25, 0.3) is 5.91 Å². The van der Waals surface area contributed by atoms with E-state index in [9.17, 15) is 9.59 Å². The van der Waals surface area contributed by atoms with Crippen LogP contribution in [0.4, 0.5) is 5.69 Å². The second kappa shape index (κ2) is 10.6. The molecular weight excluding hydrogens is 510 g/mol. The first-order valence-electron chi connectivity index (χ1n) is 10.9. The molecule has 3 aromatic rings. The first-order valence-corrected chi connectivity index (χ1v) is 11.7. The van der Waals surface area contributed by atoms with E-state index in [2.05, 4.69) is 15.9 Å². The minimum absolute atomic E-state index is 0.223. The van der Waals surface area contributed by atoms with Crippen molar-refractivity contribution in [2.24, 2.45) is 0 Å². The number of esters is 1. The number of rotatable bonds is 7. The van der Waals surface area contributed by atoms with Crippen molar-refractivity contribution in [2.75, 3.05) is 19.1 Å². The van der Waals surface area contributed by atoms with Gasteiger partial charge in [-0.3, -0.25) is 9.69 Å². The van der Waals surface area contributed by atoms with Crippen LogP contribution in [0.15, 0.2) is 94.1 Å². The third kappa shape index (κ3) is 5.15. The average Bonchev–Trinajstić information content (AvgIpc) is 3.12. The lowest BCUT2D eigenvalue weighted by Gasteiger charge is -2.18. The molecule has 4 rings (SSSR count). The van der Waals surface area contributed by atoms with Gasteiger partial charge in [0.05, 0.1) is 31.1 Å². The summed E-state index contributed by atoms with van der Waals surface area (Å²) >= 11 is 3.44. The highest BCUT2D eigenvalue weighted by atomic mass is 79.9. The van der Waals surface area contributed by atoms with Crippen LogP contribution in [0.1, 0.15) is 18.1 Å². The maximum atomic E-state index is 13.5. The van der Waals surface area contributed by atoms with Gasteiger partial charge in [0.1, 0.15) is 6.61 Å². The molecule has 1 aliphatic heterocycles. The van der Waals surface area contributed by atoms with Gasteiger partial charge in [-0.05, 0) is 54.5 Å². The fraction of sp³-hybridized carbons (Fsp3) is 0.143. The number of methoxy groups -OCH3 is 2. The zero-order chi connectivity index (χ0) is 24.9. The predicted octanol–water partition coefficient (Wildman–Crippen LogP) is 5.91. The average molecular weight is 534 g/mol. The van der Waals surface area contributed by atoms with Gasteiger partial charge in [-0.15, -0.1) is 0 Å². The molecular formula is C28H24BrNO5. The summed E-state index contributed by atoms with van der Waals surface area (Å²) in [6.07, 6.45) is 1.67. The molecule has 0 N–H and O–H groups in total. The summed E-state index contributed by atoms with van der Waals surface area (Å²) in [7, 11) is 2.86. The Hall–Kier alpha value is -3.84. The Morgan fingerprint density at radius 2 is 1.74 bits per heavy atom. The van der Waals surface area contributed by atoms with E-state index in [0.717, 1.165) is 10.0 Å². The van der Waals surface area contributed by atoms with Gasteiger partial charge >= 0.3 is 5.97 Å². The third-order valence-corrected chi connectivity index (χ3v) is 6.09. The summed E-state index contributed by atoms with van der Waals surface area (Å²) in [6, 6.07) is 22.5. The van der Waals surface area contributed by atoms with E-state index in [1.54, 1.807) is 32.2 Å². The van der Waals surface area contributed by atoms with Crippen LogP contribution in [0.3, 0.4) is 0 Å². The van der Waals surface area contributed by atoms with E-state index in [4.69, 9.17) is 14.2 Å². The molecule has 1 heterocycles. The highest BCUT2D eigenvalue weighted by Crippen LogP contribution is 2.37. The molecule has 0 saturated carbocycles. The van der Waals surface area contributed by atoms with Crippen LogP contribution in [0.5, 0.6) is 11.5 Å². The van der Waals surface area contributed by atoms with Crippen molar-refractivity contribution in [2.45, 2.75) is 13.5 Å². The number of allylic oxidation sites excluding steroid dienone is 1. The lowest BCUT2D eigenvalue weighted by Crippen LogP contribution is -2.24. The Labute approximate surface area is 212 Å². The van der Waals surface area contributed by atoms with Crippen LogP contribution in [0.2, 0.25) is 0 Å². The molecule has 0 unspecified atom stereocenters. The van der Waals surface area contributed by atoms with Gasteiger partial charge in [-0.1, -0.05) is 58.4 Å². The number of nitrogens with zero attached hydrogens (tertiary/aromatic N) is 1. The Morgan fingerprint density at radius 1 is 0.971 bits per heavy atom. The number of amides is 1. The van der Waals surface area contributed by atoms with E-state index in [1.807, 2.05) is 60.7 Å². The molecule has 1 aliphatic rings. The Morgan fingerprint density at radius 3 is 2.43 bits per heavy atom.